The Kier molecular flexibility index (Phi) is 10.5. The molecule has 0 amide bonds. The second kappa shape index (κ2) is 9.19. The maximum absolute atomic E-state index is 6.94. The molecule has 0 saturated heterocycles. The summed E-state index contributed by atoms with van der Waals surface area (Å²) in [6.07, 6.45) is 0.120. The third-order valence-corrected chi connectivity index (χ3v) is 2.18. The molecule has 0 radical (unpaired) electrons. The maximum atomic E-state index is 6.94. The molecule has 1 nitrogen and oxygen atoms in total. The van der Waals surface area contributed by atoms with E-state index in [-0.39, 0.29) is 11.7 Å². The minimum absolute atomic E-state index is 0.120. The van der Waals surface area contributed by atoms with Gasteiger partial charge in [0.25, 0.3) is 0 Å². The molecule has 18 heavy (non-hydrogen) atoms. The molecule has 0 spiro atoms. The molecule has 0 aliphatic rings. The van der Waals surface area contributed by atoms with Crippen LogP contribution in [0.4, 0.5) is 0 Å². The van der Waals surface area contributed by atoms with Crippen molar-refractivity contribution in [3.8, 4) is 0 Å². The first-order chi connectivity index (χ1) is 7.86. The van der Waals surface area contributed by atoms with Crippen LogP contribution in [0.5, 0.6) is 0 Å². The predicted molar refractivity (Wildman–Crippen MR) is 82.5 cm³/mol. The van der Waals surface area contributed by atoms with Crippen molar-refractivity contribution in [1.82, 2.24) is 0 Å². The SMILES string of the molecule is CC(C)(C)[NH-].C[Si](C)=[Ti+2].Cc1c[c-](C)c(C)c1C. The fourth-order valence-electron chi connectivity index (χ4n) is 1.13. The van der Waals surface area contributed by atoms with E-state index in [1.54, 1.807) is 0 Å². The van der Waals surface area contributed by atoms with Gasteiger partial charge >= 0.3 is 38.5 Å². The number of hydrogen-bond acceptors (Lipinski definition) is 0. The van der Waals surface area contributed by atoms with Crippen molar-refractivity contribution in [2.45, 2.75) is 67.1 Å². The smallest absolute Gasteiger partial charge is 0.0630 e. The van der Waals surface area contributed by atoms with Gasteiger partial charge in [0.15, 0.2) is 0 Å². The molecule has 0 aromatic heterocycles. The normalized spacial score (nSPS) is 10.0. The molecule has 1 aromatic rings. The largest absolute Gasteiger partial charge is 0.199 e. The first kappa shape index (κ1) is 20.6. The summed E-state index contributed by atoms with van der Waals surface area (Å²) >= 11 is 2.27. The monoisotopic (exact) mass is 299 g/mol. The van der Waals surface area contributed by atoms with Gasteiger partial charge < -0.3 is 5.73 Å². The van der Waals surface area contributed by atoms with Gasteiger partial charge in [0.2, 0.25) is 0 Å². The number of aryl methyl sites for hydroxylation is 2. The molecular weight excluding hydrogens is 270 g/mol. The average Bonchev–Trinajstić information content (AvgIpc) is 2.29. The van der Waals surface area contributed by atoms with Crippen LogP contribution in [0, 0.1) is 27.7 Å². The Hall–Kier alpha value is 0.241. The molecule has 3 heteroatoms. The third kappa shape index (κ3) is 14.3. The molecule has 0 aliphatic heterocycles. The zero-order valence-electron chi connectivity index (χ0n) is 13.6. The van der Waals surface area contributed by atoms with Crippen molar-refractivity contribution in [1.29, 1.82) is 0 Å². The van der Waals surface area contributed by atoms with E-state index in [0.717, 1.165) is 0 Å². The summed E-state index contributed by atoms with van der Waals surface area (Å²) in [6.45, 7) is 18.8. The molecule has 0 bridgehead atoms. The zero-order chi connectivity index (χ0) is 15.1. The summed E-state index contributed by atoms with van der Waals surface area (Å²) in [6, 6.07) is 2.24. The van der Waals surface area contributed by atoms with Crippen LogP contribution >= 0.6 is 0 Å². The summed E-state index contributed by atoms with van der Waals surface area (Å²) in [5.74, 6) is 0. The standard InChI is InChI=1S/C9H13.C4H10N.C2H6Si.Ti/c1-6-5-7(2)9(4)8(6)3;1-4(2,3)5;1-3-2;/h5H,1-4H3;5H,1-3H3;1-2H3;/q2*-1;;+2. The molecule has 102 valence electrons. The molecule has 0 fully saturated rings. The van der Waals surface area contributed by atoms with Crippen molar-refractivity contribution in [3.63, 3.8) is 0 Å². The minimum atomic E-state index is -0.250. The molecule has 0 aliphatic carbocycles. The van der Waals surface area contributed by atoms with E-state index >= 15 is 0 Å². The van der Waals surface area contributed by atoms with Crippen LogP contribution in [0.1, 0.15) is 43.0 Å². The summed E-state index contributed by atoms with van der Waals surface area (Å²) < 4.78 is 0. The fourth-order valence-corrected chi connectivity index (χ4v) is 1.13. The van der Waals surface area contributed by atoms with Crippen LogP contribution in [0.25, 0.3) is 5.73 Å². The van der Waals surface area contributed by atoms with Gasteiger partial charge in [0.05, 0.1) is 0 Å². The van der Waals surface area contributed by atoms with Crippen molar-refractivity contribution >= 4 is 6.19 Å². The van der Waals surface area contributed by atoms with Gasteiger partial charge in [-0.05, 0) is 0 Å². The second-order valence-corrected chi connectivity index (χ2v) is 12.7. The first-order valence-corrected chi connectivity index (χ1v) is 11.2. The van der Waals surface area contributed by atoms with E-state index in [1.165, 1.54) is 22.3 Å². The quantitative estimate of drug-likeness (QED) is 0.461. The van der Waals surface area contributed by atoms with E-state index in [2.05, 4.69) is 66.0 Å². The molecule has 0 saturated carbocycles. The van der Waals surface area contributed by atoms with E-state index in [0.29, 0.717) is 0 Å². The fraction of sp³-hybridized carbons (Fsp3) is 0.667. The number of nitrogens with one attached hydrogen (secondary N) is 1. The van der Waals surface area contributed by atoms with Crippen molar-refractivity contribution in [2.75, 3.05) is 0 Å². The Bertz CT molecular complexity index is 340. The summed E-state index contributed by atoms with van der Waals surface area (Å²) in [5, 5.41) is 0. The van der Waals surface area contributed by atoms with Gasteiger partial charge in [-0.3, -0.25) is 0 Å². The molecule has 0 heterocycles. The molecular formula is C15H29NSiTi. The molecule has 1 N–H and O–H groups in total. The van der Waals surface area contributed by atoms with E-state index in [4.69, 9.17) is 5.73 Å². The van der Waals surface area contributed by atoms with Crippen LogP contribution in [-0.4, -0.2) is 11.7 Å². The van der Waals surface area contributed by atoms with Gasteiger partial charge in [-0.1, -0.05) is 48.5 Å². The van der Waals surface area contributed by atoms with Crippen molar-refractivity contribution in [3.05, 3.63) is 34.1 Å². The Balaban J connectivity index is 0. The van der Waals surface area contributed by atoms with E-state index in [9.17, 15) is 0 Å². The van der Waals surface area contributed by atoms with Crippen LogP contribution in [-0.2, 0) is 19.2 Å². The topological polar surface area (TPSA) is 23.8 Å². The van der Waals surface area contributed by atoms with Gasteiger partial charge in [0, 0.05) is 0 Å². The predicted octanol–water partition coefficient (Wildman–Crippen LogP) is 5.26. The molecule has 0 unspecified atom stereocenters. The van der Waals surface area contributed by atoms with Gasteiger partial charge in [-0.25, -0.2) is 0 Å². The summed E-state index contributed by atoms with van der Waals surface area (Å²) in [5.41, 5.74) is 12.4. The van der Waals surface area contributed by atoms with Gasteiger partial charge in [0.1, 0.15) is 0 Å². The average molecular weight is 299 g/mol. The second-order valence-electron chi connectivity index (χ2n) is 6.01. The first-order valence-electron chi connectivity index (χ1n) is 6.33. The summed E-state index contributed by atoms with van der Waals surface area (Å²) in [7, 11) is 0. The molecule has 1 rings (SSSR count). The molecule has 0 atom stereocenters. The Morgan fingerprint density at radius 2 is 1.44 bits per heavy atom. The number of hydrogen-bond donors (Lipinski definition) is 0. The van der Waals surface area contributed by atoms with Crippen LogP contribution in [0.3, 0.4) is 0 Å². The zero-order valence-corrected chi connectivity index (χ0v) is 16.1. The maximum Gasteiger partial charge on any atom is -0.0630 e. The third-order valence-electron chi connectivity index (χ3n) is 2.18. The van der Waals surface area contributed by atoms with E-state index in [1.807, 2.05) is 20.8 Å². The molecule has 1 aromatic carbocycles. The Morgan fingerprint density at radius 1 is 1.17 bits per heavy atom. The summed E-state index contributed by atoms with van der Waals surface area (Å²) in [4.78, 5) is 0. The van der Waals surface area contributed by atoms with Crippen LogP contribution in [0.15, 0.2) is 6.07 Å². The van der Waals surface area contributed by atoms with E-state index < -0.39 is 0 Å². The van der Waals surface area contributed by atoms with Crippen molar-refractivity contribution in [2.24, 2.45) is 0 Å². The minimum Gasteiger partial charge on any atom is -0.199 e. The van der Waals surface area contributed by atoms with Crippen LogP contribution < -0.4 is 0 Å². The van der Waals surface area contributed by atoms with Gasteiger partial charge in [-0.15, -0.1) is 5.54 Å². The van der Waals surface area contributed by atoms with Gasteiger partial charge in [-0.2, -0.15) is 28.3 Å². The number of rotatable bonds is 0. The Morgan fingerprint density at radius 3 is 1.50 bits per heavy atom. The van der Waals surface area contributed by atoms with Crippen molar-refractivity contribution < 1.29 is 19.2 Å². The Labute approximate surface area is 126 Å². The van der Waals surface area contributed by atoms with Crippen LogP contribution in [0.2, 0.25) is 13.1 Å².